The van der Waals surface area contributed by atoms with Gasteiger partial charge in [-0.15, -0.1) is 0 Å². The van der Waals surface area contributed by atoms with Crippen LogP contribution < -0.4 is 20.9 Å². The Bertz CT molecular complexity index is 1110. The van der Waals surface area contributed by atoms with Gasteiger partial charge in [-0.1, -0.05) is 17.7 Å². The summed E-state index contributed by atoms with van der Waals surface area (Å²) in [6.07, 6.45) is 1.43. The van der Waals surface area contributed by atoms with Crippen molar-refractivity contribution in [3.8, 4) is 5.75 Å². The van der Waals surface area contributed by atoms with Gasteiger partial charge in [-0.2, -0.15) is 0 Å². The van der Waals surface area contributed by atoms with Crippen molar-refractivity contribution in [1.29, 1.82) is 0 Å². The number of likely N-dealkylation sites (tertiary alicyclic amines) is 1. The highest BCUT2D eigenvalue weighted by Crippen LogP contribution is 2.37. The molecule has 0 saturated carbocycles. The van der Waals surface area contributed by atoms with Crippen molar-refractivity contribution in [2.45, 2.75) is 44.8 Å². The lowest BCUT2D eigenvalue weighted by atomic mass is 9.74. The summed E-state index contributed by atoms with van der Waals surface area (Å²) < 4.78 is 19.8. The van der Waals surface area contributed by atoms with E-state index >= 15 is 0 Å². The Morgan fingerprint density at radius 2 is 2.03 bits per heavy atom. The number of hydrogen-bond acceptors (Lipinski definition) is 7. The Balaban J connectivity index is 1.49. The van der Waals surface area contributed by atoms with E-state index in [0.29, 0.717) is 23.3 Å². The number of carbonyl (C=O) groups is 2. The van der Waals surface area contributed by atoms with E-state index in [1.165, 1.54) is 23.1 Å². The smallest absolute Gasteiger partial charge is 0.310 e. The Kier molecular flexibility index (Phi) is 7.44. The first-order valence-electron chi connectivity index (χ1n) is 11.5. The number of aromatic nitrogens is 1. The van der Waals surface area contributed by atoms with Gasteiger partial charge in [-0.25, -0.2) is 14.8 Å². The lowest BCUT2D eigenvalue weighted by Gasteiger charge is -2.39. The van der Waals surface area contributed by atoms with E-state index in [9.17, 15) is 19.1 Å². The van der Waals surface area contributed by atoms with E-state index < -0.39 is 23.1 Å². The van der Waals surface area contributed by atoms with E-state index in [0.717, 1.165) is 6.42 Å². The first-order chi connectivity index (χ1) is 16.7. The van der Waals surface area contributed by atoms with E-state index in [1.54, 1.807) is 19.2 Å². The maximum atomic E-state index is 14.3. The second kappa shape index (κ2) is 10.3. The van der Waals surface area contributed by atoms with Crippen LogP contribution in [-0.2, 0) is 11.2 Å². The third-order valence-electron chi connectivity index (χ3n) is 6.70. The van der Waals surface area contributed by atoms with Crippen LogP contribution in [0.2, 0.25) is 5.02 Å². The number of ether oxygens (including phenoxy) is 1. The molecule has 0 aliphatic carbocycles. The quantitative estimate of drug-likeness (QED) is 0.454. The lowest BCUT2D eigenvalue weighted by Crippen LogP contribution is -2.47. The fourth-order valence-electron chi connectivity index (χ4n) is 4.62. The fraction of sp³-hybridized carbons (Fsp3) is 0.458. The molecule has 35 heavy (non-hydrogen) atoms. The number of pyridine rings is 1. The number of benzene rings is 1. The number of hydrogen-bond donors (Lipinski definition) is 4. The van der Waals surface area contributed by atoms with Crippen LogP contribution in [0.25, 0.3) is 0 Å². The number of halogens is 2. The number of methoxy groups -OCH3 is 1. The largest absolute Gasteiger partial charge is 0.493 e. The summed E-state index contributed by atoms with van der Waals surface area (Å²) in [5, 5.41) is 13.3. The molecule has 2 aromatic rings. The van der Waals surface area contributed by atoms with Crippen molar-refractivity contribution in [2.75, 3.05) is 25.5 Å². The summed E-state index contributed by atoms with van der Waals surface area (Å²) >= 11 is 5.82. The second-order valence-electron chi connectivity index (χ2n) is 9.13. The van der Waals surface area contributed by atoms with Crippen LogP contribution >= 0.6 is 11.6 Å². The van der Waals surface area contributed by atoms with Crippen molar-refractivity contribution in [2.24, 2.45) is 5.41 Å². The molecule has 0 radical (unpaired) electrons. The number of piperidine rings is 1. The molecule has 3 heterocycles. The van der Waals surface area contributed by atoms with Crippen molar-refractivity contribution in [3.05, 3.63) is 52.4 Å². The van der Waals surface area contributed by atoms with Crippen molar-refractivity contribution < 1.29 is 23.8 Å². The number of nitrogens with zero attached hydrogens (tertiary/aromatic N) is 2. The first kappa shape index (κ1) is 25.2. The molecule has 9 nitrogen and oxygen atoms in total. The predicted molar refractivity (Wildman–Crippen MR) is 129 cm³/mol. The molecule has 2 atom stereocenters. The van der Waals surface area contributed by atoms with Crippen LogP contribution in [0.4, 0.5) is 10.2 Å². The molecule has 4 rings (SSSR count). The van der Waals surface area contributed by atoms with Crippen LogP contribution in [0.5, 0.6) is 5.75 Å². The van der Waals surface area contributed by atoms with Crippen LogP contribution in [0.1, 0.15) is 42.2 Å². The molecule has 0 bridgehead atoms. The molecular weight excluding hydrogens is 477 g/mol. The van der Waals surface area contributed by atoms with E-state index in [1.807, 2.05) is 0 Å². The molecule has 4 N–H and O–H groups in total. The Morgan fingerprint density at radius 1 is 1.29 bits per heavy atom. The van der Waals surface area contributed by atoms with Gasteiger partial charge in [0.15, 0.2) is 17.4 Å². The zero-order chi connectivity index (χ0) is 25.2. The third-order valence-corrected chi connectivity index (χ3v) is 6.99. The number of carbonyl (C=O) groups excluding carboxylic acids is 1. The van der Waals surface area contributed by atoms with Crippen molar-refractivity contribution in [1.82, 2.24) is 20.7 Å². The number of nitrogens with one attached hydrogen (secondary N) is 3. The van der Waals surface area contributed by atoms with Gasteiger partial charge < -0.3 is 20.1 Å². The maximum absolute atomic E-state index is 14.3. The molecule has 0 spiro atoms. The molecule has 2 saturated heterocycles. The molecule has 2 aliphatic heterocycles. The van der Waals surface area contributed by atoms with Crippen LogP contribution in [0.3, 0.4) is 0 Å². The Labute approximate surface area is 208 Å². The monoisotopic (exact) mass is 505 g/mol. The van der Waals surface area contributed by atoms with Crippen molar-refractivity contribution >= 4 is 29.3 Å². The molecule has 1 aromatic carbocycles. The number of carboxylic acid groups (broad SMARTS) is 1. The molecule has 1 amide bonds. The van der Waals surface area contributed by atoms with Gasteiger partial charge in [0.1, 0.15) is 0 Å². The maximum Gasteiger partial charge on any atom is 0.310 e. The van der Waals surface area contributed by atoms with Crippen LogP contribution in [-0.4, -0.2) is 59.3 Å². The number of anilines is 1. The summed E-state index contributed by atoms with van der Waals surface area (Å²) in [7, 11) is 1.55. The number of aliphatic carboxylic acids is 1. The van der Waals surface area contributed by atoms with Gasteiger partial charge in [0, 0.05) is 31.2 Å². The number of hydrazine groups is 1. The zero-order valence-electron chi connectivity index (χ0n) is 19.6. The minimum absolute atomic E-state index is 0.0452. The highest BCUT2D eigenvalue weighted by atomic mass is 35.5. The topological polar surface area (TPSA) is 116 Å². The Morgan fingerprint density at radius 3 is 2.66 bits per heavy atom. The zero-order valence-corrected chi connectivity index (χ0v) is 20.4. The summed E-state index contributed by atoms with van der Waals surface area (Å²) in [5.74, 6) is -1.12. The molecule has 2 fully saturated rings. The lowest BCUT2D eigenvalue weighted by molar-refractivity contribution is -0.151. The van der Waals surface area contributed by atoms with Gasteiger partial charge in [0.2, 0.25) is 0 Å². The normalized spacial score (nSPS) is 21.5. The van der Waals surface area contributed by atoms with Gasteiger partial charge >= 0.3 is 5.97 Å². The molecule has 1 aromatic heterocycles. The first-order valence-corrected chi connectivity index (χ1v) is 11.9. The SMILES string of the molecule is COc1ccc(CC2(C(=O)O)CCN(C(=O)c3cccc(Cl)c3F)CC2)nc1NC1CC(C)NN1. The number of amides is 1. The van der Waals surface area contributed by atoms with Gasteiger partial charge in [-0.05, 0) is 50.5 Å². The van der Waals surface area contributed by atoms with Crippen molar-refractivity contribution in [3.63, 3.8) is 0 Å². The molecular formula is C24H29ClFN5O4. The predicted octanol–water partition coefficient (Wildman–Crippen LogP) is 3.06. The highest BCUT2D eigenvalue weighted by Gasteiger charge is 2.43. The van der Waals surface area contributed by atoms with Gasteiger partial charge in [0.05, 0.1) is 29.3 Å². The molecule has 188 valence electrons. The van der Waals surface area contributed by atoms with Gasteiger partial charge in [0.25, 0.3) is 5.91 Å². The third kappa shape index (κ3) is 5.34. The minimum atomic E-state index is -1.09. The summed E-state index contributed by atoms with van der Waals surface area (Å²) in [4.78, 5) is 31.4. The van der Waals surface area contributed by atoms with Crippen LogP contribution in [0, 0.1) is 11.2 Å². The second-order valence-corrected chi connectivity index (χ2v) is 9.54. The molecule has 11 heteroatoms. The average molecular weight is 506 g/mol. The number of rotatable bonds is 7. The van der Waals surface area contributed by atoms with E-state index in [2.05, 4.69) is 28.1 Å². The summed E-state index contributed by atoms with van der Waals surface area (Å²) in [5.41, 5.74) is 5.68. The molecule has 2 unspecified atom stereocenters. The average Bonchev–Trinajstić information content (AvgIpc) is 3.25. The summed E-state index contributed by atoms with van der Waals surface area (Å²) in [6.45, 7) is 2.44. The standard InChI is InChI=1S/C24H29ClFN5O4/c1-14-12-19(30-29-14)28-21-18(35-2)7-6-15(27-21)13-24(23(33)34)8-10-31(11-9-24)22(32)16-4-3-5-17(25)20(16)26/h3-7,14,19,29-30H,8-13H2,1-2H3,(H,27,28)(H,33,34). The molecule has 2 aliphatic rings. The Hall–Kier alpha value is -2.95. The van der Waals surface area contributed by atoms with Gasteiger partial charge in [-0.3, -0.25) is 15.0 Å². The van der Waals surface area contributed by atoms with Crippen LogP contribution in [0.15, 0.2) is 30.3 Å². The fourth-order valence-corrected chi connectivity index (χ4v) is 4.79. The summed E-state index contributed by atoms with van der Waals surface area (Å²) in [6, 6.07) is 8.11. The highest BCUT2D eigenvalue weighted by molar-refractivity contribution is 6.31. The minimum Gasteiger partial charge on any atom is -0.493 e. The van der Waals surface area contributed by atoms with E-state index in [4.69, 9.17) is 16.3 Å². The van der Waals surface area contributed by atoms with E-state index in [-0.39, 0.29) is 49.1 Å². The number of carboxylic acids is 1.